The fourth-order valence-corrected chi connectivity index (χ4v) is 3.80. The summed E-state index contributed by atoms with van der Waals surface area (Å²) in [6, 6.07) is 10.4. The lowest BCUT2D eigenvalue weighted by Gasteiger charge is -2.23. The first-order valence-electron chi connectivity index (χ1n) is 9.40. The second-order valence-electron chi connectivity index (χ2n) is 7.22. The second kappa shape index (κ2) is 10.1. The number of benzene rings is 1. The summed E-state index contributed by atoms with van der Waals surface area (Å²) in [6.07, 6.45) is 6.41. The van der Waals surface area contributed by atoms with Crippen molar-refractivity contribution in [1.82, 2.24) is 10.6 Å². The highest BCUT2D eigenvalue weighted by Crippen LogP contribution is 2.58. The fourth-order valence-electron chi connectivity index (χ4n) is 3.80. The summed E-state index contributed by atoms with van der Waals surface area (Å²) in [6.45, 7) is 4.48. The smallest absolute Gasteiger partial charge is 0.223 e. The number of rotatable bonds is 9. The predicted octanol–water partition coefficient (Wildman–Crippen LogP) is 2.95. The maximum atomic E-state index is 12.2. The van der Waals surface area contributed by atoms with E-state index in [1.165, 1.54) is 18.4 Å². The van der Waals surface area contributed by atoms with Gasteiger partial charge >= 0.3 is 0 Å². The minimum absolute atomic E-state index is 0. The molecule has 1 saturated carbocycles. The van der Waals surface area contributed by atoms with E-state index in [1.807, 2.05) is 6.07 Å². The van der Waals surface area contributed by atoms with Crippen LogP contribution in [0.3, 0.4) is 0 Å². The van der Waals surface area contributed by atoms with E-state index in [0.717, 1.165) is 58.5 Å². The van der Waals surface area contributed by atoms with Crippen molar-refractivity contribution in [3.63, 3.8) is 0 Å². The molecule has 1 aromatic carbocycles. The Labute approximate surface area is 157 Å². The Kier molecular flexibility index (Phi) is 8.20. The molecule has 0 bridgehead atoms. The van der Waals surface area contributed by atoms with Crippen LogP contribution < -0.4 is 10.6 Å². The molecule has 140 valence electrons. The zero-order valence-electron chi connectivity index (χ0n) is 15.0. The summed E-state index contributed by atoms with van der Waals surface area (Å²) in [5.74, 6) is 0.559. The Balaban J connectivity index is 0.00000225. The molecular formula is C20H31ClN2O2. The zero-order chi connectivity index (χ0) is 16.7. The normalized spacial score (nSPS) is 20.7. The molecule has 1 saturated heterocycles. The number of amides is 1. The third kappa shape index (κ3) is 5.98. The van der Waals surface area contributed by atoms with E-state index >= 15 is 0 Å². The van der Waals surface area contributed by atoms with Gasteiger partial charge < -0.3 is 15.4 Å². The summed E-state index contributed by atoms with van der Waals surface area (Å²) in [5.41, 5.74) is 1.66. The van der Waals surface area contributed by atoms with E-state index in [9.17, 15) is 4.79 Å². The number of hydrogen-bond acceptors (Lipinski definition) is 3. The first kappa shape index (κ1) is 20.2. The first-order chi connectivity index (χ1) is 11.8. The predicted molar refractivity (Wildman–Crippen MR) is 103 cm³/mol. The average Bonchev–Trinajstić information content (AvgIpc) is 3.31. The summed E-state index contributed by atoms with van der Waals surface area (Å²) < 4.78 is 5.67. The highest BCUT2D eigenvalue weighted by atomic mass is 35.5. The van der Waals surface area contributed by atoms with E-state index in [2.05, 4.69) is 34.9 Å². The molecule has 2 N–H and O–H groups in total. The topological polar surface area (TPSA) is 50.4 Å². The van der Waals surface area contributed by atoms with Crippen molar-refractivity contribution >= 4 is 18.3 Å². The molecule has 0 aromatic heterocycles. The molecule has 5 heteroatoms. The molecule has 25 heavy (non-hydrogen) atoms. The van der Waals surface area contributed by atoms with Crippen LogP contribution in [-0.2, 0) is 16.0 Å². The minimum atomic E-state index is 0. The third-order valence-electron chi connectivity index (χ3n) is 5.50. The molecule has 1 spiro atoms. The molecule has 1 unspecified atom stereocenters. The van der Waals surface area contributed by atoms with Crippen LogP contribution in [0.5, 0.6) is 0 Å². The zero-order valence-corrected chi connectivity index (χ0v) is 15.8. The number of piperidine rings is 1. The van der Waals surface area contributed by atoms with Crippen molar-refractivity contribution in [2.45, 2.75) is 38.5 Å². The summed E-state index contributed by atoms with van der Waals surface area (Å²) in [4.78, 5) is 12.2. The monoisotopic (exact) mass is 366 g/mol. The molecule has 1 atom stereocenters. The molecule has 1 heterocycles. The van der Waals surface area contributed by atoms with Crippen molar-refractivity contribution in [2.24, 2.45) is 11.3 Å². The van der Waals surface area contributed by atoms with Crippen molar-refractivity contribution < 1.29 is 9.53 Å². The number of carbonyl (C=O) groups excluding carboxylic acids is 1. The van der Waals surface area contributed by atoms with Crippen molar-refractivity contribution in [3.8, 4) is 0 Å². The van der Waals surface area contributed by atoms with Gasteiger partial charge in [-0.3, -0.25) is 4.79 Å². The summed E-state index contributed by atoms with van der Waals surface area (Å²) >= 11 is 0. The Bertz CT molecular complexity index is 518. The SMILES string of the molecule is Cl.O=C(NCCCCOCCc1ccccc1)C1CC12CCNCC2. The van der Waals surface area contributed by atoms with Crippen LogP contribution in [0.1, 0.15) is 37.7 Å². The Morgan fingerprint density at radius 1 is 1.16 bits per heavy atom. The molecular weight excluding hydrogens is 336 g/mol. The van der Waals surface area contributed by atoms with Gasteiger partial charge in [0.2, 0.25) is 5.91 Å². The van der Waals surface area contributed by atoms with Crippen LogP contribution >= 0.6 is 12.4 Å². The summed E-state index contributed by atoms with van der Waals surface area (Å²) in [7, 11) is 0. The van der Waals surface area contributed by atoms with Gasteiger partial charge in [0.1, 0.15) is 0 Å². The number of nitrogens with one attached hydrogen (secondary N) is 2. The minimum Gasteiger partial charge on any atom is -0.381 e. The van der Waals surface area contributed by atoms with Gasteiger partial charge in [0, 0.05) is 19.1 Å². The van der Waals surface area contributed by atoms with Crippen LogP contribution in [0, 0.1) is 11.3 Å². The lowest BCUT2D eigenvalue weighted by atomic mass is 9.92. The molecule has 3 rings (SSSR count). The molecule has 2 fully saturated rings. The van der Waals surface area contributed by atoms with Gasteiger partial charge in [0.25, 0.3) is 0 Å². The molecule has 2 aliphatic rings. The number of carbonyl (C=O) groups is 1. The van der Waals surface area contributed by atoms with Crippen LogP contribution in [0.2, 0.25) is 0 Å². The second-order valence-corrected chi connectivity index (χ2v) is 7.22. The number of halogens is 1. The van der Waals surface area contributed by atoms with E-state index < -0.39 is 0 Å². The maximum absolute atomic E-state index is 12.2. The number of ether oxygens (including phenoxy) is 1. The quantitative estimate of drug-likeness (QED) is 0.660. The standard InChI is InChI=1S/C20H30N2O2.ClH/c23-19(18-16-20(18)9-12-21-13-10-20)22-11-4-5-14-24-15-8-17-6-2-1-3-7-17;/h1-3,6-7,18,21H,4-5,8-16H2,(H,22,23);1H. The largest absolute Gasteiger partial charge is 0.381 e. The Hall–Kier alpha value is -1.10. The number of unbranched alkanes of at least 4 members (excludes halogenated alkanes) is 1. The molecule has 1 aliphatic carbocycles. The highest BCUT2D eigenvalue weighted by molar-refractivity contribution is 5.85. The average molecular weight is 367 g/mol. The van der Waals surface area contributed by atoms with E-state index in [-0.39, 0.29) is 24.2 Å². The molecule has 1 aromatic rings. The first-order valence-corrected chi connectivity index (χ1v) is 9.40. The lowest BCUT2D eigenvalue weighted by Crippen LogP contribution is -2.34. The third-order valence-corrected chi connectivity index (χ3v) is 5.50. The van der Waals surface area contributed by atoms with Gasteiger partial charge in [-0.1, -0.05) is 30.3 Å². The van der Waals surface area contributed by atoms with Gasteiger partial charge in [-0.05, 0) is 62.6 Å². The lowest BCUT2D eigenvalue weighted by molar-refractivity contribution is -0.123. The van der Waals surface area contributed by atoms with Gasteiger partial charge in [0.15, 0.2) is 0 Å². The highest BCUT2D eigenvalue weighted by Gasteiger charge is 2.57. The maximum Gasteiger partial charge on any atom is 0.223 e. The van der Waals surface area contributed by atoms with Crippen molar-refractivity contribution in [2.75, 3.05) is 32.8 Å². The van der Waals surface area contributed by atoms with Crippen LogP contribution in [0.25, 0.3) is 0 Å². The fraction of sp³-hybridized carbons (Fsp3) is 0.650. The Morgan fingerprint density at radius 2 is 1.92 bits per heavy atom. The van der Waals surface area contributed by atoms with Gasteiger partial charge in [-0.25, -0.2) is 0 Å². The molecule has 1 aliphatic heterocycles. The van der Waals surface area contributed by atoms with Crippen LogP contribution in [0.15, 0.2) is 30.3 Å². The van der Waals surface area contributed by atoms with E-state index in [4.69, 9.17) is 4.74 Å². The molecule has 4 nitrogen and oxygen atoms in total. The van der Waals surface area contributed by atoms with Crippen molar-refractivity contribution in [1.29, 1.82) is 0 Å². The van der Waals surface area contributed by atoms with Crippen LogP contribution in [0.4, 0.5) is 0 Å². The van der Waals surface area contributed by atoms with Crippen molar-refractivity contribution in [3.05, 3.63) is 35.9 Å². The van der Waals surface area contributed by atoms with Crippen LogP contribution in [-0.4, -0.2) is 38.8 Å². The van der Waals surface area contributed by atoms with E-state index in [1.54, 1.807) is 0 Å². The summed E-state index contributed by atoms with van der Waals surface area (Å²) in [5, 5.41) is 6.50. The number of hydrogen-bond donors (Lipinski definition) is 2. The molecule has 1 amide bonds. The van der Waals surface area contributed by atoms with Gasteiger partial charge in [-0.15, -0.1) is 12.4 Å². The Morgan fingerprint density at radius 3 is 2.68 bits per heavy atom. The van der Waals surface area contributed by atoms with E-state index in [0.29, 0.717) is 5.41 Å². The molecule has 0 radical (unpaired) electrons. The van der Waals surface area contributed by atoms with Gasteiger partial charge in [-0.2, -0.15) is 0 Å². The van der Waals surface area contributed by atoms with Gasteiger partial charge in [0.05, 0.1) is 6.61 Å².